The number of phenols is 1. The third-order valence-corrected chi connectivity index (χ3v) is 2.46. The lowest BCUT2D eigenvalue weighted by molar-refractivity contribution is 0.112. The summed E-state index contributed by atoms with van der Waals surface area (Å²) < 4.78 is 0. The molecule has 2 heteroatoms. The third kappa shape index (κ3) is 1.16. The molecule has 0 aromatic heterocycles. The summed E-state index contributed by atoms with van der Waals surface area (Å²) in [6.07, 6.45) is 0.765. The average Bonchev–Trinajstić information content (AvgIpc) is 2.23. The molecule has 0 amide bonds. The largest absolute Gasteiger partial charge is 0.507 e. The molecular weight excluding hydrogens is 176 g/mol. The molecule has 0 aliphatic rings. The van der Waals surface area contributed by atoms with Crippen LogP contribution < -0.4 is 0 Å². The van der Waals surface area contributed by atoms with Gasteiger partial charge in [-0.25, -0.2) is 0 Å². The Bertz CT molecular complexity index is 501. The van der Waals surface area contributed by atoms with E-state index in [1.54, 1.807) is 0 Å². The Morgan fingerprint density at radius 1 is 1.21 bits per heavy atom. The van der Waals surface area contributed by atoms with Gasteiger partial charge in [0.2, 0.25) is 0 Å². The summed E-state index contributed by atoms with van der Waals surface area (Å²) >= 11 is 0. The van der Waals surface area contributed by atoms with E-state index in [0.29, 0.717) is 5.56 Å². The van der Waals surface area contributed by atoms with Gasteiger partial charge >= 0.3 is 0 Å². The Hall–Kier alpha value is -1.83. The van der Waals surface area contributed by atoms with E-state index in [9.17, 15) is 9.90 Å². The molecule has 2 aromatic carbocycles. The van der Waals surface area contributed by atoms with Gasteiger partial charge in [-0.15, -0.1) is 0 Å². The number of rotatable bonds is 1. The van der Waals surface area contributed by atoms with Crippen molar-refractivity contribution in [3.8, 4) is 5.75 Å². The molecule has 2 aromatic rings. The third-order valence-electron chi connectivity index (χ3n) is 2.46. The van der Waals surface area contributed by atoms with Crippen LogP contribution in [0.25, 0.3) is 10.8 Å². The van der Waals surface area contributed by atoms with Crippen molar-refractivity contribution in [2.75, 3.05) is 0 Å². The molecule has 2 rings (SSSR count). The van der Waals surface area contributed by atoms with Gasteiger partial charge in [-0.05, 0) is 23.9 Å². The molecule has 1 N–H and O–H groups in total. The number of hydrogen-bond donors (Lipinski definition) is 1. The number of fused-ring (bicyclic) bond motifs is 1. The van der Waals surface area contributed by atoms with Crippen molar-refractivity contribution < 1.29 is 9.90 Å². The summed E-state index contributed by atoms with van der Waals surface area (Å²) in [6, 6.07) is 9.00. The van der Waals surface area contributed by atoms with Crippen LogP contribution in [-0.2, 0) is 0 Å². The monoisotopic (exact) mass is 186 g/mol. The van der Waals surface area contributed by atoms with Gasteiger partial charge in [0.25, 0.3) is 0 Å². The van der Waals surface area contributed by atoms with Crippen molar-refractivity contribution in [1.82, 2.24) is 0 Å². The highest BCUT2D eigenvalue weighted by Crippen LogP contribution is 2.29. The van der Waals surface area contributed by atoms with Crippen LogP contribution in [0.2, 0.25) is 0 Å². The first-order valence-corrected chi connectivity index (χ1v) is 4.40. The SMILES string of the molecule is Cc1c(C=O)cc(O)c2ccccc12. The predicted octanol–water partition coefficient (Wildman–Crippen LogP) is 2.67. The Morgan fingerprint density at radius 2 is 1.86 bits per heavy atom. The molecule has 0 saturated carbocycles. The van der Waals surface area contributed by atoms with Crippen molar-refractivity contribution in [3.63, 3.8) is 0 Å². The second-order valence-corrected chi connectivity index (χ2v) is 3.27. The van der Waals surface area contributed by atoms with Crippen molar-refractivity contribution in [2.24, 2.45) is 0 Å². The molecule has 0 radical (unpaired) electrons. The highest BCUT2D eigenvalue weighted by Gasteiger charge is 2.06. The van der Waals surface area contributed by atoms with Crippen LogP contribution in [0.15, 0.2) is 30.3 Å². The molecule has 0 bridgehead atoms. The smallest absolute Gasteiger partial charge is 0.150 e. The molecule has 0 atom stereocenters. The summed E-state index contributed by atoms with van der Waals surface area (Å²) in [5.74, 6) is 0.160. The maximum atomic E-state index is 10.7. The summed E-state index contributed by atoms with van der Waals surface area (Å²) in [5.41, 5.74) is 1.45. The molecule has 0 aliphatic carbocycles. The van der Waals surface area contributed by atoms with E-state index in [4.69, 9.17) is 0 Å². The lowest BCUT2D eigenvalue weighted by Crippen LogP contribution is -1.88. The Kier molecular flexibility index (Phi) is 1.97. The Labute approximate surface area is 81.8 Å². The quantitative estimate of drug-likeness (QED) is 0.695. The number of carbonyl (C=O) groups is 1. The zero-order chi connectivity index (χ0) is 10.1. The minimum atomic E-state index is 0.160. The fourth-order valence-corrected chi connectivity index (χ4v) is 1.64. The number of carbonyl (C=O) groups excluding carboxylic acids is 1. The zero-order valence-corrected chi connectivity index (χ0v) is 7.82. The summed E-state index contributed by atoms with van der Waals surface area (Å²) in [7, 11) is 0. The van der Waals surface area contributed by atoms with E-state index in [2.05, 4.69) is 0 Å². The van der Waals surface area contributed by atoms with Crippen LogP contribution in [0.5, 0.6) is 5.75 Å². The minimum Gasteiger partial charge on any atom is -0.507 e. The molecular formula is C12H10O2. The summed E-state index contributed by atoms with van der Waals surface area (Å²) in [4.78, 5) is 10.7. The van der Waals surface area contributed by atoms with Crippen LogP contribution in [0.1, 0.15) is 15.9 Å². The van der Waals surface area contributed by atoms with Crippen molar-refractivity contribution >= 4 is 17.1 Å². The predicted molar refractivity (Wildman–Crippen MR) is 55.7 cm³/mol. The molecule has 0 saturated heterocycles. The van der Waals surface area contributed by atoms with Crippen molar-refractivity contribution in [3.05, 3.63) is 41.5 Å². The van der Waals surface area contributed by atoms with Crippen LogP contribution in [-0.4, -0.2) is 11.4 Å². The van der Waals surface area contributed by atoms with Gasteiger partial charge in [0.05, 0.1) is 0 Å². The van der Waals surface area contributed by atoms with E-state index in [1.807, 2.05) is 31.2 Å². The first kappa shape index (κ1) is 8.75. The lowest BCUT2D eigenvalue weighted by Gasteiger charge is -2.06. The van der Waals surface area contributed by atoms with E-state index in [1.165, 1.54) is 6.07 Å². The fourth-order valence-electron chi connectivity index (χ4n) is 1.64. The number of phenolic OH excluding ortho intramolecular Hbond substituents is 1. The molecule has 0 heterocycles. The van der Waals surface area contributed by atoms with Crippen LogP contribution >= 0.6 is 0 Å². The fraction of sp³-hybridized carbons (Fsp3) is 0.0833. The molecule has 0 fully saturated rings. The number of aryl methyl sites for hydroxylation is 1. The second-order valence-electron chi connectivity index (χ2n) is 3.27. The van der Waals surface area contributed by atoms with Gasteiger partial charge in [-0.3, -0.25) is 4.79 Å². The maximum Gasteiger partial charge on any atom is 0.150 e. The molecule has 2 nitrogen and oxygen atoms in total. The first-order valence-electron chi connectivity index (χ1n) is 4.40. The molecule has 0 spiro atoms. The molecule has 0 aliphatic heterocycles. The second kappa shape index (κ2) is 3.14. The summed E-state index contributed by atoms with van der Waals surface area (Å²) in [5, 5.41) is 11.4. The normalized spacial score (nSPS) is 10.4. The maximum absolute atomic E-state index is 10.7. The number of aromatic hydroxyl groups is 1. The van der Waals surface area contributed by atoms with Crippen LogP contribution in [0.3, 0.4) is 0 Å². The van der Waals surface area contributed by atoms with Gasteiger partial charge in [0.15, 0.2) is 0 Å². The average molecular weight is 186 g/mol. The lowest BCUT2D eigenvalue weighted by atomic mass is 10.00. The molecule has 70 valence electrons. The highest BCUT2D eigenvalue weighted by atomic mass is 16.3. The Balaban J connectivity index is 2.94. The van der Waals surface area contributed by atoms with Gasteiger partial charge in [-0.1, -0.05) is 24.3 Å². The van der Waals surface area contributed by atoms with E-state index in [-0.39, 0.29) is 5.75 Å². The zero-order valence-electron chi connectivity index (χ0n) is 7.82. The van der Waals surface area contributed by atoms with Gasteiger partial charge < -0.3 is 5.11 Å². The van der Waals surface area contributed by atoms with Gasteiger partial charge in [0.1, 0.15) is 12.0 Å². The standard InChI is InChI=1S/C12H10O2/c1-8-9(7-13)6-12(14)11-5-3-2-4-10(8)11/h2-7,14H,1H3. The van der Waals surface area contributed by atoms with Gasteiger partial charge in [-0.2, -0.15) is 0 Å². The number of benzene rings is 2. The van der Waals surface area contributed by atoms with Crippen LogP contribution in [0.4, 0.5) is 0 Å². The first-order chi connectivity index (χ1) is 6.74. The minimum absolute atomic E-state index is 0.160. The molecule has 14 heavy (non-hydrogen) atoms. The van der Waals surface area contributed by atoms with Crippen molar-refractivity contribution in [2.45, 2.75) is 6.92 Å². The van der Waals surface area contributed by atoms with E-state index < -0.39 is 0 Å². The number of hydrogen-bond acceptors (Lipinski definition) is 2. The topological polar surface area (TPSA) is 37.3 Å². The van der Waals surface area contributed by atoms with Crippen molar-refractivity contribution in [1.29, 1.82) is 0 Å². The van der Waals surface area contributed by atoms with Gasteiger partial charge in [0, 0.05) is 10.9 Å². The van der Waals surface area contributed by atoms with E-state index in [0.717, 1.165) is 22.6 Å². The number of aldehydes is 1. The Morgan fingerprint density at radius 3 is 2.50 bits per heavy atom. The highest BCUT2D eigenvalue weighted by molar-refractivity contribution is 5.96. The van der Waals surface area contributed by atoms with E-state index >= 15 is 0 Å². The summed E-state index contributed by atoms with van der Waals surface area (Å²) in [6.45, 7) is 1.88. The molecule has 0 unspecified atom stereocenters. The van der Waals surface area contributed by atoms with Crippen LogP contribution in [0, 0.1) is 6.92 Å².